The summed E-state index contributed by atoms with van der Waals surface area (Å²) in [6, 6.07) is 7.46. The van der Waals surface area contributed by atoms with E-state index in [0.29, 0.717) is 18.1 Å². The molecule has 5 nitrogen and oxygen atoms in total. The van der Waals surface area contributed by atoms with E-state index in [1.54, 1.807) is 12.1 Å². The zero-order valence-corrected chi connectivity index (χ0v) is 17.5. The van der Waals surface area contributed by atoms with E-state index < -0.39 is 0 Å². The molecular formula is C17H22Cl3N3O2S. The molecular weight excluding hydrogens is 417 g/mol. The Kier molecular flexibility index (Phi) is 9.68. The van der Waals surface area contributed by atoms with Crippen LogP contribution in [0.25, 0.3) is 0 Å². The molecule has 144 valence electrons. The summed E-state index contributed by atoms with van der Waals surface area (Å²) < 4.78 is 5.68. The average molecular weight is 439 g/mol. The first-order chi connectivity index (χ1) is 11.6. The van der Waals surface area contributed by atoms with E-state index in [-0.39, 0.29) is 36.8 Å². The third kappa shape index (κ3) is 6.28. The number of hydrogen-bond donors (Lipinski definition) is 1. The topological polar surface area (TPSA) is 54.5 Å². The number of amides is 1. The summed E-state index contributed by atoms with van der Waals surface area (Å²) in [4.78, 5) is 18.9. The van der Waals surface area contributed by atoms with Gasteiger partial charge in [-0.2, -0.15) is 0 Å². The summed E-state index contributed by atoms with van der Waals surface area (Å²) in [5, 5.41) is 6.77. The van der Waals surface area contributed by atoms with Crippen molar-refractivity contribution in [2.24, 2.45) is 0 Å². The van der Waals surface area contributed by atoms with Gasteiger partial charge >= 0.3 is 0 Å². The van der Waals surface area contributed by atoms with Crippen molar-refractivity contribution in [2.45, 2.75) is 26.0 Å². The molecule has 1 amide bonds. The molecule has 26 heavy (non-hydrogen) atoms. The van der Waals surface area contributed by atoms with E-state index in [4.69, 9.17) is 16.3 Å². The van der Waals surface area contributed by atoms with Crippen LogP contribution in [0, 0.1) is 0 Å². The Balaban J connectivity index is 0.00000169. The Morgan fingerprint density at radius 2 is 2.12 bits per heavy atom. The smallest absolute Gasteiger partial charge is 0.228 e. The molecule has 1 aliphatic rings. The molecule has 0 spiro atoms. The Hall–Kier alpha value is -1.05. The molecule has 3 rings (SSSR count). The molecule has 1 fully saturated rings. The molecule has 2 heterocycles. The van der Waals surface area contributed by atoms with Gasteiger partial charge in [0.15, 0.2) is 0 Å². The van der Waals surface area contributed by atoms with Gasteiger partial charge in [-0.1, -0.05) is 11.6 Å². The second kappa shape index (κ2) is 10.9. The normalized spacial score (nSPS) is 16.4. The molecule has 2 aromatic rings. The summed E-state index contributed by atoms with van der Waals surface area (Å²) in [5.74, 6) is 0.890. The molecule has 0 radical (unpaired) electrons. The maximum Gasteiger partial charge on any atom is 0.228 e. The van der Waals surface area contributed by atoms with Crippen molar-refractivity contribution < 1.29 is 9.53 Å². The largest absolute Gasteiger partial charge is 0.486 e. The highest BCUT2D eigenvalue weighted by Crippen LogP contribution is 2.18. The quantitative estimate of drug-likeness (QED) is 0.775. The van der Waals surface area contributed by atoms with Gasteiger partial charge in [-0.05, 0) is 31.2 Å². The van der Waals surface area contributed by atoms with Crippen LogP contribution in [0.15, 0.2) is 29.6 Å². The van der Waals surface area contributed by atoms with Gasteiger partial charge in [0.25, 0.3) is 0 Å². The van der Waals surface area contributed by atoms with Crippen molar-refractivity contribution in [1.29, 1.82) is 0 Å². The molecule has 9 heteroatoms. The lowest BCUT2D eigenvalue weighted by Gasteiger charge is -2.33. The average Bonchev–Trinajstić information content (AvgIpc) is 3.02. The first kappa shape index (κ1) is 23.0. The molecule has 1 aromatic carbocycles. The van der Waals surface area contributed by atoms with Crippen molar-refractivity contribution in [3.8, 4) is 5.75 Å². The Labute approximate surface area is 174 Å². The van der Waals surface area contributed by atoms with Crippen molar-refractivity contribution in [3.05, 3.63) is 45.4 Å². The summed E-state index contributed by atoms with van der Waals surface area (Å²) in [5.41, 5.74) is 0.811. The van der Waals surface area contributed by atoms with Crippen LogP contribution >= 0.6 is 47.8 Å². The Morgan fingerprint density at radius 3 is 2.81 bits per heavy atom. The number of aromatic nitrogens is 1. The lowest BCUT2D eigenvalue weighted by atomic mass is 10.2. The van der Waals surface area contributed by atoms with E-state index in [0.717, 1.165) is 36.1 Å². The molecule has 1 aliphatic heterocycles. The fraction of sp³-hybridized carbons (Fsp3) is 0.412. The SMILES string of the molecule is CC1CNCCN1C(=O)Cc1csc(COc2ccc(Cl)cc2)n1.Cl.Cl. The monoisotopic (exact) mass is 437 g/mol. The molecule has 0 saturated carbocycles. The van der Waals surface area contributed by atoms with Crippen LogP contribution in [0.3, 0.4) is 0 Å². The highest BCUT2D eigenvalue weighted by atomic mass is 35.5. The fourth-order valence-electron chi connectivity index (χ4n) is 2.64. The van der Waals surface area contributed by atoms with Crippen molar-refractivity contribution in [2.75, 3.05) is 19.6 Å². The lowest BCUT2D eigenvalue weighted by molar-refractivity contribution is -0.133. The molecule has 1 atom stereocenters. The predicted molar refractivity (Wildman–Crippen MR) is 110 cm³/mol. The number of piperazine rings is 1. The van der Waals surface area contributed by atoms with Crippen LogP contribution in [0.5, 0.6) is 5.75 Å². The maximum absolute atomic E-state index is 12.4. The molecule has 0 aliphatic carbocycles. The van der Waals surface area contributed by atoms with Gasteiger partial charge in [-0.25, -0.2) is 4.98 Å². The minimum atomic E-state index is 0. The number of thiazole rings is 1. The molecule has 1 aromatic heterocycles. The van der Waals surface area contributed by atoms with Crippen LogP contribution in [-0.4, -0.2) is 41.5 Å². The number of benzene rings is 1. The number of hydrogen-bond acceptors (Lipinski definition) is 5. The fourth-order valence-corrected chi connectivity index (χ4v) is 3.47. The van der Waals surface area contributed by atoms with Crippen LogP contribution in [-0.2, 0) is 17.8 Å². The summed E-state index contributed by atoms with van der Waals surface area (Å²) in [6.45, 7) is 4.92. The zero-order valence-electron chi connectivity index (χ0n) is 14.3. The van der Waals surface area contributed by atoms with Crippen molar-refractivity contribution in [3.63, 3.8) is 0 Å². The Bertz CT molecular complexity index is 697. The molecule has 1 N–H and O–H groups in total. The van der Waals surface area contributed by atoms with E-state index in [9.17, 15) is 4.79 Å². The third-order valence-corrected chi connectivity index (χ3v) is 5.05. The van der Waals surface area contributed by atoms with Gasteiger partial charge in [-0.15, -0.1) is 36.2 Å². The van der Waals surface area contributed by atoms with Crippen LogP contribution in [0.2, 0.25) is 5.02 Å². The lowest BCUT2D eigenvalue weighted by Crippen LogP contribution is -2.52. The van der Waals surface area contributed by atoms with Crippen molar-refractivity contribution in [1.82, 2.24) is 15.2 Å². The van der Waals surface area contributed by atoms with Crippen LogP contribution < -0.4 is 10.1 Å². The molecule has 1 unspecified atom stereocenters. The highest BCUT2D eigenvalue weighted by molar-refractivity contribution is 7.09. The predicted octanol–water partition coefficient (Wildman–Crippen LogP) is 3.58. The zero-order chi connectivity index (χ0) is 16.9. The second-order valence-electron chi connectivity index (χ2n) is 5.79. The minimum absolute atomic E-state index is 0. The number of carbonyl (C=O) groups is 1. The van der Waals surface area contributed by atoms with Gasteiger partial charge in [-0.3, -0.25) is 4.79 Å². The summed E-state index contributed by atoms with van der Waals surface area (Å²) >= 11 is 7.37. The van der Waals surface area contributed by atoms with Crippen LogP contribution in [0.4, 0.5) is 0 Å². The number of ether oxygens (including phenoxy) is 1. The number of nitrogens with one attached hydrogen (secondary N) is 1. The second-order valence-corrected chi connectivity index (χ2v) is 7.17. The van der Waals surface area contributed by atoms with E-state index in [2.05, 4.69) is 17.2 Å². The van der Waals surface area contributed by atoms with Gasteiger partial charge in [0.05, 0.1) is 12.1 Å². The van der Waals surface area contributed by atoms with E-state index in [1.165, 1.54) is 11.3 Å². The summed E-state index contributed by atoms with van der Waals surface area (Å²) in [6.07, 6.45) is 0.349. The van der Waals surface area contributed by atoms with Gasteiger partial charge in [0.1, 0.15) is 17.4 Å². The summed E-state index contributed by atoms with van der Waals surface area (Å²) in [7, 11) is 0. The number of halogens is 3. The first-order valence-corrected chi connectivity index (χ1v) is 9.19. The van der Waals surface area contributed by atoms with Crippen LogP contribution in [0.1, 0.15) is 17.6 Å². The highest BCUT2D eigenvalue weighted by Gasteiger charge is 2.23. The maximum atomic E-state index is 12.4. The van der Waals surface area contributed by atoms with Gasteiger partial charge in [0, 0.05) is 36.1 Å². The first-order valence-electron chi connectivity index (χ1n) is 7.93. The van der Waals surface area contributed by atoms with E-state index in [1.807, 2.05) is 22.4 Å². The van der Waals surface area contributed by atoms with Gasteiger partial charge in [0.2, 0.25) is 5.91 Å². The standard InChI is InChI=1S/C17H20ClN3O2S.2ClH/c1-12-9-19-6-7-21(12)17(22)8-14-11-24-16(20-14)10-23-15-4-2-13(18)3-5-15;;/h2-5,11-12,19H,6-10H2,1H3;2*1H. The number of rotatable bonds is 5. The van der Waals surface area contributed by atoms with Crippen molar-refractivity contribution >= 4 is 53.7 Å². The minimum Gasteiger partial charge on any atom is -0.486 e. The van der Waals surface area contributed by atoms with E-state index >= 15 is 0 Å². The Morgan fingerprint density at radius 1 is 1.38 bits per heavy atom. The van der Waals surface area contributed by atoms with Gasteiger partial charge < -0.3 is 15.0 Å². The number of nitrogens with zero attached hydrogens (tertiary/aromatic N) is 2. The molecule has 1 saturated heterocycles. The number of carbonyl (C=O) groups excluding carboxylic acids is 1. The molecule has 0 bridgehead atoms. The third-order valence-electron chi connectivity index (χ3n) is 3.93.